The lowest BCUT2D eigenvalue weighted by molar-refractivity contribution is 0.464. The Hall–Kier alpha value is -1.00. The number of aromatic hydroxyl groups is 1. The third-order valence-electron chi connectivity index (χ3n) is 2.15. The van der Waals surface area contributed by atoms with Gasteiger partial charge in [-0.2, -0.15) is 0 Å². The molecule has 0 aliphatic rings. The Labute approximate surface area is 89.6 Å². The van der Waals surface area contributed by atoms with Crippen LogP contribution in [0.2, 0.25) is 0 Å². The van der Waals surface area contributed by atoms with Gasteiger partial charge >= 0.3 is 0 Å². The van der Waals surface area contributed by atoms with Crippen LogP contribution in [0.4, 0.5) is 0 Å². The predicted molar refractivity (Wildman–Crippen MR) is 58.3 cm³/mol. The van der Waals surface area contributed by atoms with Crippen LogP contribution in [0.15, 0.2) is 27.3 Å². The lowest BCUT2D eigenvalue weighted by atomic mass is 10.1. The second kappa shape index (κ2) is 3.63. The van der Waals surface area contributed by atoms with Gasteiger partial charge in [0.25, 0.3) is 0 Å². The predicted octanol–water partition coefficient (Wildman–Crippen LogP) is 2.40. The average Bonchev–Trinajstić information content (AvgIpc) is 2.62. The number of phenols is 1. The number of phenolic OH excluding ortho intramolecular Hbond substituents is 1. The lowest BCUT2D eigenvalue weighted by Gasteiger charge is -2.05. The molecule has 4 heteroatoms. The first-order chi connectivity index (χ1) is 6.74. The molecule has 74 valence electrons. The van der Waals surface area contributed by atoms with Crippen molar-refractivity contribution in [2.24, 2.45) is 5.73 Å². The number of hydrogen-bond donors (Lipinski definition) is 2. The second-order valence-corrected chi connectivity index (χ2v) is 3.87. The summed E-state index contributed by atoms with van der Waals surface area (Å²) in [5.74, 6) is 0.220. The highest BCUT2D eigenvalue weighted by Gasteiger charge is 2.11. The SMILES string of the molecule is NCCc1cc2ccoc2c(Br)c1O. The minimum absolute atomic E-state index is 0.220. The van der Waals surface area contributed by atoms with Crippen molar-refractivity contribution in [3.8, 4) is 5.75 Å². The van der Waals surface area contributed by atoms with Crippen LogP contribution in [-0.2, 0) is 6.42 Å². The standard InChI is InChI=1S/C10H10BrNO2/c11-8-9(13)6(1-3-12)5-7-2-4-14-10(7)8/h2,4-5,13H,1,3,12H2. The second-order valence-electron chi connectivity index (χ2n) is 3.08. The van der Waals surface area contributed by atoms with Gasteiger partial charge in [-0.3, -0.25) is 0 Å². The Bertz CT molecular complexity index is 464. The summed E-state index contributed by atoms with van der Waals surface area (Å²) >= 11 is 3.30. The van der Waals surface area contributed by atoms with E-state index in [4.69, 9.17) is 10.2 Å². The van der Waals surface area contributed by atoms with E-state index in [0.717, 1.165) is 10.9 Å². The summed E-state index contributed by atoms with van der Waals surface area (Å²) in [5.41, 5.74) is 6.96. The fourth-order valence-corrected chi connectivity index (χ4v) is 2.04. The highest BCUT2D eigenvalue weighted by atomic mass is 79.9. The van der Waals surface area contributed by atoms with E-state index in [1.54, 1.807) is 6.26 Å². The van der Waals surface area contributed by atoms with E-state index in [1.165, 1.54) is 0 Å². The van der Waals surface area contributed by atoms with Crippen LogP contribution >= 0.6 is 15.9 Å². The van der Waals surface area contributed by atoms with Crippen LogP contribution < -0.4 is 5.73 Å². The number of furan rings is 1. The first-order valence-electron chi connectivity index (χ1n) is 4.31. The quantitative estimate of drug-likeness (QED) is 0.867. The summed E-state index contributed by atoms with van der Waals surface area (Å²) in [6, 6.07) is 3.76. The number of fused-ring (bicyclic) bond motifs is 1. The molecule has 14 heavy (non-hydrogen) atoms. The van der Waals surface area contributed by atoms with Crippen molar-refractivity contribution in [2.75, 3.05) is 6.54 Å². The number of hydrogen-bond acceptors (Lipinski definition) is 3. The molecule has 0 amide bonds. The zero-order valence-corrected chi connectivity index (χ0v) is 9.04. The van der Waals surface area contributed by atoms with Gasteiger partial charge < -0.3 is 15.3 Å². The fraction of sp³-hybridized carbons (Fsp3) is 0.200. The van der Waals surface area contributed by atoms with Gasteiger partial charge in [0.2, 0.25) is 0 Å². The van der Waals surface area contributed by atoms with E-state index in [0.29, 0.717) is 23.0 Å². The molecule has 1 aromatic carbocycles. The van der Waals surface area contributed by atoms with Crippen molar-refractivity contribution in [1.29, 1.82) is 0 Å². The molecule has 3 N–H and O–H groups in total. The van der Waals surface area contributed by atoms with Crippen molar-refractivity contribution in [3.05, 3.63) is 28.4 Å². The van der Waals surface area contributed by atoms with Crippen LogP contribution in [-0.4, -0.2) is 11.7 Å². The van der Waals surface area contributed by atoms with Crippen molar-refractivity contribution in [3.63, 3.8) is 0 Å². The summed E-state index contributed by atoms with van der Waals surface area (Å²) in [6.07, 6.45) is 2.26. The van der Waals surface area contributed by atoms with Crippen molar-refractivity contribution in [1.82, 2.24) is 0 Å². The molecular formula is C10H10BrNO2. The summed E-state index contributed by atoms with van der Waals surface area (Å²) in [7, 11) is 0. The number of halogens is 1. The van der Waals surface area contributed by atoms with E-state index < -0.39 is 0 Å². The van der Waals surface area contributed by atoms with Gasteiger partial charge in [-0.1, -0.05) is 0 Å². The van der Waals surface area contributed by atoms with Crippen LogP contribution in [0.25, 0.3) is 11.0 Å². The average molecular weight is 256 g/mol. The van der Waals surface area contributed by atoms with Crippen LogP contribution in [0.5, 0.6) is 5.75 Å². The molecule has 0 atom stereocenters. The Morgan fingerprint density at radius 1 is 1.50 bits per heavy atom. The van der Waals surface area contributed by atoms with Crippen molar-refractivity contribution < 1.29 is 9.52 Å². The Balaban J connectivity index is 2.67. The monoisotopic (exact) mass is 255 g/mol. The van der Waals surface area contributed by atoms with Gasteiger partial charge in [-0.15, -0.1) is 0 Å². The molecule has 2 aromatic rings. The molecule has 0 unspecified atom stereocenters. The first kappa shape index (κ1) is 9.55. The van der Waals surface area contributed by atoms with Crippen molar-refractivity contribution >= 4 is 26.9 Å². The van der Waals surface area contributed by atoms with E-state index in [-0.39, 0.29) is 5.75 Å². The summed E-state index contributed by atoms with van der Waals surface area (Å²) in [4.78, 5) is 0. The number of benzene rings is 1. The Morgan fingerprint density at radius 2 is 2.29 bits per heavy atom. The van der Waals surface area contributed by atoms with Gasteiger partial charge in [-0.05, 0) is 46.6 Å². The molecule has 1 aromatic heterocycles. The number of nitrogens with two attached hydrogens (primary N) is 1. The minimum atomic E-state index is 0.220. The maximum Gasteiger partial charge on any atom is 0.151 e. The maximum absolute atomic E-state index is 9.78. The molecular weight excluding hydrogens is 246 g/mol. The van der Waals surface area contributed by atoms with Crippen LogP contribution in [0, 0.1) is 0 Å². The molecule has 0 saturated carbocycles. The third-order valence-corrected chi connectivity index (χ3v) is 2.89. The zero-order chi connectivity index (χ0) is 10.1. The fourth-order valence-electron chi connectivity index (χ4n) is 1.46. The lowest BCUT2D eigenvalue weighted by Crippen LogP contribution is -2.02. The molecule has 1 heterocycles. The topological polar surface area (TPSA) is 59.4 Å². The normalized spacial score (nSPS) is 11.0. The molecule has 3 nitrogen and oxygen atoms in total. The summed E-state index contributed by atoms with van der Waals surface area (Å²) < 4.78 is 5.82. The van der Waals surface area contributed by atoms with E-state index >= 15 is 0 Å². The molecule has 0 spiro atoms. The molecule has 0 bridgehead atoms. The van der Waals surface area contributed by atoms with Gasteiger partial charge in [0, 0.05) is 5.39 Å². The van der Waals surface area contributed by atoms with E-state index in [9.17, 15) is 5.11 Å². The molecule has 2 rings (SSSR count). The summed E-state index contributed by atoms with van der Waals surface area (Å²) in [5, 5.41) is 10.8. The molecule has 0 saturated heterocycles. The highest BCUT2D eigenvalue weighted by molar-refractivity contribution is 9.10. The maximum atomic E-state index is 9.78. The highest BCUT2D eigenvalue weighted by Crippen LogP contribution is 2.36. The zero-order valence-electron chi connectivity index (χ0n) is 7.46. The van der Waals surface area contributed by atoms with Crippen molar-refractivity contribution in [2.45, 2.75) is 6.42 Å². The first-order valence-corrected chi connectivity index (χ1v) is 5.11. The number of rotatable bonds is 2. The van der Waals surface area contributed by atoms with E-state index in [1.807, 2.05) is 12.1 Å². The third kappa shape index (κ3) is 1.40. The molecule has 0 aliphatic carbocycles. The largest absolute Gasteiger partial charge is 0.506 e. The smallest absolute Gasteiger partial charge is 0.151 e. The molecule has 0 radical (unpaired) electrons. The van der Waals surface area contributed by atoms with Crippen LogP contribution in [0.1, 0.15) is 5.56 Å². The summed E-state index contributed by atoms with van der Waals surface area (Å²) in [6.45, 7) is 0.517. The van der Waals surface area contributed by atoms with Gasteiger partial charge in [0.1, 0.15) is 10.2 Å². The van der Waals surface area contributed by atoms with E-state index in [2.05, 4.69) is 15.9 Å². The van der Waals surface area contributed by atoms with Gasteiger partial charge in [0.15, 0.2) is 5.58 Å². The molecule has 0 fully saturated rings. The van der Waals surface area contributed by atoms with Crippen LogP contribution in [0.3, 0.4) is 0 Å². The van der Waals surface area contributed by atoms with Gasteiger partial charge in [0.05, 0.1) is 6.26 Å². The Kier molecular flexibility index (Phi) is 2.48. The van der Waals surface area contributed by atoms with Gasteiger partial charge in [-0.25, -0.2) is 0 Å². The molecule has 0 aliphatic heterocycles. The Morgan fingerprint density at radius 3 is 3.00 bits per heavy atom. The minimum Gasteiger partial charge on any atom is -0.506 e.